The third-order valence-electron chi connectivity index (χ3n) is 2.77. The van der Waals surface area contributed by atoms with Crippen molar-refractivity contribution in [1.82, 2.24) is 19.7 Å². The van der Waals surface area contributed by atoms with Gasteiger partial charge in [-0.05, 0) is 45.7 Å². The molecule has 2 aromatic heterocycles. The van der Waals surface area contributed by atoms with Crippen LogP contribution >= 0.6 is 31.9 Å². The zero-order valence-electron chi connectivity index (χ0n) is 11.6. The van der Waals surface area contributed by atoms with Crippen LogP contribution in [0.15, 0.2) is 15.1 Å². The van der Waals surface area contributed by atoms with E-state index in [1.165, 1.54) is 0 Å². The van der Waals surface area contributed by atoms with Crippen molar-refractivity contribution in [2.75, 3.05) is 0 Å². The van der Waals surface area contributed by atoms with Gasteiger partial charge in [-0.1, -0.05) is 20.8 Å². The number of aromatic nitrogens is 4. The lowest BCUT2D eigenvalue weighted by Crippen LogP contribution is -2.18. The molecule has 6 heteroatoms. The lowest BCUT2D eigenvalue weighted by Gasteiger charge is -2.17. The minimum absolute atomic E-state index is 0.105. The number of halogens is 2. The second-order valence-corrected chi connectivity index (χ2v) is 7.12. The molecule has 0 aliphatic heterocycles. The van der Waals surface area contributed by atoms with Gasteiger partial charge in [-0.2, -0.15) is 5.10 Å². The standard InChI is InChI=1S/C13H16Br2N4/c1-7-11(15)8(2)19(18-7)10-6-9(14)16-12(17-10)13(3,4)5/h6H,1-5H3. The van der Waals surface area contributed by atoms with Gasteiger partial charge in [-0.25, -0.2) is 14.6 Å². The van der Waals surface area contributed by atoms with Crippen LogP contribution in [0.2, 0.25) is 0 Å². The molecule has 0 atom stereocenters. The highest BCUT2D eigenvalue weighted by Crippen LogP contribution is 2.25. The van der Waals surface area contributed by atoms with E-state index in [-0.39, 0.29) is 5.41 Å². The van der Waals surface area contributed by atoms with Gasteiger partial charge in [0, 0.05) is 11.5 Å². The SMILES string of the molecule is Cc1nn(-c2cc(Br)nc(C(C)(C)C)n2)c(C)c1Br. The molecule has 102 valence electrons. The molecule has 0 saturated heterocycles. The molecule has 0 aliphatic carbocycles. The molecule has 0 saturated carbocycles. The molecule has 2 aromatic rings. The Bertz CT molecular complexity index is 626. The lowest BCUT2D eigenvalue weighted by atomic mass is 9.96. The second kappa shape index (κ2) is 4.98. The number of aryl methyl sites for hydroxylation is 1. The zero-order chi connectivity index (χ0) is 14.4. The van der Waals surface area contributed by atoms with Crippen LogP contribution in [0.4, 0.5) is 0 Å². The molecule has 0 fully saturated rings. The largest absolute Gasteiger partial charge is 0.225 e. The van der Waals surface area contributed by atoms with Crippen LogP contribution in [0.5, 0.6) is 0 Å². The first kappa shape index (κ1) is 14.7. The van der Waals surface area contributed by atoms with Gasteiger partial charge in [-0.3, -0.25) is 0 Å². The Kier molecular flexibility index (Phi) is 3.84. The average Bonchev–Trinajstić information content (AvgIpc) is 2.55. The van der Waals surface area contributed by atoms with E-state index in [1.54, 1.807) is 0 Å². The summed E-state index contributed by atoms with van der Waals surface area (Å²) in [5.41, 5.74) is 1.87. The molecule has 0 N–H and O–H groups in total. The van der Waals surface area contributed by atoms with Crippen molar-refractivity contribution < 1.29 is 0 Å². The summed E-state index contributed by atoms with van der Waals surface area (Å²) in [5.74, 6) is 1.57. The minimum atomic E-state index is -0.105. The highest BCUT2D eigenvalue weighted by atomic mass is 79.9. The average molecular weight is 388 g/mol. The van der Waals surface area contributed by atoms with Gasteiger partial charge in [0.25, 0.3) is 0 Å². The molecular formula is C13H16Br2N4. The van der Waals surface area contributed by atoms with Gasteiger partial charge in [0.2, 0.25) is 0 Å². The summed E-state index contributed by atoms with van der Waals surface area (Å²) in [7, 11) is 0. The maximum absolute atomic E-state index is 4.63. The molecule has 2 heterocycles. The van der Waals surface area contributed by atoms with Gasteiger partial charge < -0.3 is 0 Å². The van der Waals surface area contributed by atoms with Crippen molar-refractivity contribution >= 4 is 31.9 Å². The van der Waals surface area contributed by atoms with Crippen molar-refractivity contribution in [3.8, 4) is 5.82 Å². The van der Waals surface area contributed by atoms with Gasteiger partial charge in [0.15, 0.2) is 5.82 Å². The third kappa shape index (κ3) is 2.89. The molecule has 0 radical (unpaired) electrons. The Hall–Kier alpha value is -0.750. The van der Waals surface area contributed by atoms with Crippen molar-refractivity contribution in [3.63, 3.8) is 0 Å². The fourth-order valence-corrected chi connectivity index (χ4v) is 2.32. The topological polar surface area (TPSA) is 43.6 Å². The Morgan fingerprint density at radius 1 is 1.11 bits per heavy atom. The number of hydrogen-bond acceptors (Lipinski definition) is 3. The minimum Gasteiger partial charge on any atom is -0.225 e. The Morgan fingerprint density at radius 3 is 2.21 bits per heavy atom. The Labute approximate surface area is 129 Å². The Morgan fingerprint density at radius 2 is 1.74 bits per heavy atom. The van der Waals surface area contributed by atoms with Crippen molar-refractivity contribution in [2.45, 2.75) is 40.0 Å². The molecule has 4 nitrogen and oxygen atoms in total. The van der Waals surface area contributed by atoms with Crippen LogP contribution in [0, 0.1) is 13.8 Å². The van der Waals surface area contributed by atoms with Gasteiger partial charge >= 0.3 is 0 Å². The van der Waals surface area contributed by atoms with Crippen LogP contribution in [0.25, 0.3) is 5.82 Å². The van der Waals surface area contributed by atoms with Crippen LogP contribution in [0.1, 0.15) is 38.0 Å². The van der Waals surface area contributed by atoms with E-state index in [9.17, 15) is 0 Å². The molecule has 0 bridgehead atoms. The molecular weight excluding hydrogens is 372 g/mol. The first-order valence-corrected chi connectivity index (χ1v) is 7.56. The fourth-order valence-electron chi connectivity index (χ4n) is 1.70. The predicted molar refractivity (Wildman–Crippen MR) is 82.7 cm³/mol. The number of nitrogens with zero attached hydrogens (tertiary/aromatic N) is 4. The predicted octanol–water partition coefficient (Wildman–Crippen LogP) is 4.10. The number of rotatable bonds is 1. The maximum Gasteiger partial charge on any atom is 0.158 e. The molecule has 0 aliphatic rings. The van der Waals surface area contributed by atoms with E-state index in [4.69, 9.17) is 0 Å². The highest BCUT2D eigenvalue weighted by molar-refractivity contribution is 9.10. The first-order chi connectivity index (χ1) is 8.70. The Balaban J connectivity index is 2.63. The van der Waals surface area contributed by atoms with E-state index >= 15 is 0 Å². The van der Waals surface area contributed by atoms with Crippen molar-refractivity contribution in [2.24, 2.45) is 0 Å². The van der Waals surface area contributed by atoms with Crippen molar-refractivity contribution in [3.05, 3.63) is 32.4 Å². The zero-order valence-corrected chi connectivity index (χ0v) is 14.8. The fraction of sp³-hybridized carbons (Fsp3) is 0.462. The van der Waals surface area contributed by atoms with E-state index in [0.29, 0.717) is 0 Å². The highest BCUT2D eigenvalue weighted by Gasteiger charge is 2.20. The van der Waals surface area contributed by atoms with Gasteiger partial charge in [0.05, 0.1) is 15.9 Å². The normalized spacial score (nSPS) is 11.9. The second-order valence-electron chi connectivity index (χ2n) is 5.52. The molecule has 0 spiro atoms. The molecule has 0 amide bonds. The lowest BCUT2D eigenvalue weighted by molar-refractivity contribution is 0.539. The maximum atomic E-state index is 4.63. The summed E-state index contributed by atoms with van der Waals surface area (Å²) in [4.78, 5) is 9.07. The monoisotopic (exact) mass is 386 g/mol. The summed E-state index contributed by atoms with van der Waals surface area (Å²) >= 11 is 6.98. The summed E-state index contributed by atoms with van der Waals surface area (Å²) in [6.45, 7) is 10.3. The summed E-state index contributed by atoms with van der Waals surface area (Å²) in [5, 5.41) is 4.50. The van der Waals surface area contributed by atoms with Crippen LogP contribution in [0.3, 0.4) is 0 Å². The number of hydrogen-bond donors (Lipinski definition) is 0. The summed E-state index contributed by atoms with van der Waals surface area (Å²) in [6.07, 6.45) is 0. The smallest absolute Gasteiger partial charge is 0.158 e. The van der Waals surface area contributed by atoms with Gasteiger partial charge in [0.1, 0.15) is 10.4 Å². The van der Waals surface area contributed by atoms with E-state index in [0.717, 1.165) is 32.1 Å². The van der Waals surface area contributed by atoms with Gasteiger partial charge in [-0.15, -0.1) is 0 Å². The third-order valence-corrected chi connectivity index (χ3v) is 4.33. The molecule has 0 aromatic carbocycles. The first-order valence-electron chi connectivity index (χ1n) is 5.97. The van der Waals surface area contributed by atoms with Crippen molar-refractivity contribution in [1.29, 1.82) is 0 Å². The summed E-state index contributed by atoms with van der Waals surface area (Å²) in [6, 6.07) is 1.88. The molecule has 2 rings (SSSR count). The van der Waals surface area contributed by atoms with E-state index in [1.807, 2.05) is 24.6 Å². The van der Waals surface area contributed by atoms with E-state index < -0.39 is 0 Å². The summed E-state index contributed by atoms with van der Waals surface area (Å²) < 4.78 is 3.62. The van der Waals surface area contributed by atoms with Crippen LogP contribution < -0.4 is 0 Å². The quantitative estimate of drug-likeness (QED) is 0.691. The van der Waals surface area contributed by atoms with E-state index in [2.05, 4.69) is 67.7 Å². The van der Waals surface area contributed by atoms with Crippen LogP contribution in [-0.2, 0) is 5.41 Å². The molecule has 19 heavy (non-hydrogen) atoms. The van der Waals surface area contributed by atoms with Crippen LogP contribution in [-0.4, -0.2) is 19.7 Å². The molecule has 0 unspecified atom stereocenters.